The molecule has 82 valence electrons. The lowest BCUT2D eigenvalue weighted by molar-refractivity contribution is -0.145. The van der Waals surface area contributed by atoms with E-state index in [1.165, 1.54) is 15.3 Å². The molecule has 1 saturated heterocycles. The Morgan fingerprint density at radius 2 is 2.27 bits per heavy atom. The Bertz CT molecular complexity index is 399. The summed E-state index contributed by atoms with van der Waals surface area (Å²) in [5, 5.41) is 0. The molecule has 15 heavy (non-hydrogen) atoms. The van der Waals surface area contributed by atoms with Gasteiger partial charge in [-0.1, -0.05) is 0 Å². The summed E-state index contributed by atoms with van der Waals surface area (Å²) in [7, 11) is 0. The van der Waals surface area contributed by atoms with E-state index in [0.717, 1.165) is 0 Å². The molecule has 1 aromatic rings. The van der Waals surface area contributed by atoms with Crippen molar-refractivity contribution in [2.45, 2.75) is 32.9 Å². The first-order chi connectivity index (χ1) is 7.00. The molecule has 2 unspecified atom stereocenters. The van der Waals surface area contributed by atoms with Crippen LogP contribution in [0.1, 0.15) is 28.3 Å². The Kier molecular flexibility index (Phi) is 2.56. The van der Waals surface area contributed by atoms with E-state index in [2.05, 4.69) is 26.8 Å². The van der Waals surface area contributed by atoms with E-state index in [9.17, 15) is 4.79 Å². The van der Waals surface area contributed by atoms with Crippen LogP contribution >= 0.6 is 11.3 Å². The molecule has 0 saturated carbocycles. The Morgan fingerprint density at radius 3 is 2.67 bits per heavy atom. The van der Waals surface area contributed by atoms with Crippen LogP contribution in [0.15, 0.2) is 6.07 Å². The molecule has 1 aromatic heterocycles. The quantitative estimate of drug-likeness (QED) is 0.776. The van der Waals surface area contributed by atoms with E-state index >= 15 is 0 Å². The first-order valence-electron chi connectivity index (χ1n) is 5.13. The summed E-state index contributed by atoms with van der Waals surface area (Å²) in [5.41, 5.74) is 6.84. The lowest BCUT2D eigenvalue weighted by atomic mass is 10.0. The van der Waals surface area contributed by atoms with Crippen LogP contribution in [-0.4, -0.2) is 23.4 Å². The second-order valence-corrected chi connectivity index (χ2v) is 5.60. The Morgan fingerprint density at radius 1 is 1.60 bits per heavy atom. The summed E-state index contributed by atoms with van der Waals surface area (Å²) in [6.07, 6.45) is 0. The lowest BCUT2D eigenvalue weighted by Gasteiger charge is -2.40. The molecule has 0 radical (unpaired) electrons. The van der Waals surface area contributed by atoms with Crippen molar-refractivity contribution in [1.82, 2.24) is 4.90 Å². The molecular weight excluding hydrogens is 208 g/mol. The third kappa shape index (κ3) is 1.68. The molecule has 2 atom stereocenters. The third-order valence-electron chi connectivity index (χ3n) is 2.99. The van der Waals surface area contributed by atoms with Crippen LogP contribution in [0.5, 0.6) is 0 Å². The molecule has 2 heterocycles. The monoisotopic (exact) mass is 224 g/mol. The van der Waals surface area contributed by atoms with Gasteiger partial charge in [0.2, 0.25) is 5.91 Å². The number of amides is 1. The number of nitrogens with two attached hydrogens (primary N) is 1. The first-order valence-corrected chi connectivity index (χ1v) is 5.95. The predicted molar refractivity (Wildman–Crippen MR) is 61.9 cm³/mol. The molecule has 1 aliphatic rings. The number of nitrogens with zero attached hydrogens (tertiary/aromatic N) is 1. The zero-order valence-corrected chi connectivity index (χ0v) is 10.1. The van der Waals surface area contributed by atoms with Gasteiger partial charge < -0.3 is 10.6 Å². The van der Waals surface area contributed by atoms with Gasteiger partial charge in [-0.05, 0) is 32.4 Å². The maximum Gasteiger partial charge on any atom is 0.241 e. The van der Waals surface area contributed by atoms with Gasteiger partial charge in [0.15, 0.2) is 0 Å². The van der Waals surface area contributed by atoms with Gasteiger partial charge in [-0.2, -0.15) is 0 Å². The van der Waals surface area contributed by atoms with Crippen molar-refractivity contribution in [2.24, 2.45) is 5.73 Å². The van der Waals surface area contributed by atoms with Gasteiger partial charge in [-0.25, -0.2) is 0 Å². The standard InChI is InChI=1S/C11H16N2OS/c1-6-4-9(8(3)15-6)7(2)13-5-10(12)11(13)14/h4,7,10H,5,12H2,1-3H3. The fourth-order valence-electron chi connectivity index (χ4n) is 2.06. The molecule has 0 aromatic carbocycles. The van der Waals surface area contributed by atoms with Crippen molar-refractivity contribution >= 4 is 17.2 Å². The summed E-state index contributed by atoms with van der Waals surface area (Å²) in [5.74, 6) is 0.0748. The van der Waals surface area contributed by atoms with E-state index in [1.54, 1.807) is 11.3 Å². The zero-order chi connectivity index (χ0) is 11.2. The van der Waals surface area contributed by atoms with E-state index in [4.69, 9.17) is 5.73 Å². The molecule has 3 nitrogen and oxygen atoms in total. The number of carbonyl (C=O) groups excluding carboxylic acids is 1. The largest absolute Gasteiger partial charge is 0.332 e. The number of rotatable bonds is 2. The van der Waals surface area contributed by atoms with Gasteiger partial charge in [-0.15, -0.1) is 11.3 Å². The zero-order valence-electron chi connectivity index (χ0n) is 9.28. The summed E-state index contributed by atoms with van der Waals surface area (Å²) in [6, 6.07) is 2.07. The first kappa shape index (κ1) is 10.6. The van der Waals surface area contributed by atoms with E-state index < -0.39 is 0 Å². The number of hydrogen-bond acceptors (Lipinski definition) is 3. The molecule has 2 N–H and O–H groups in total. The minimum Gasteiger partial charge on any atom is -0.332 e. The number of β-lactam (4-membered cyclic amide) rings is 1. The highest BCUT2D eigenvalue weighted by Crippen LogP contribution is 2.32. The normalized spacial score (nSPS) is 22.8. The maximum absolute atomic E-state index is 11.5. The fraction of sp³-hybridized carbons (Fsp3) is 0.545. The number of aryl methyl sites for hydroxylation is 2. The van der Waals surface area contributed by atoms with Gasteiger partial charge >= 0.3 is 0 Å². The molecular formula is C11H16N2OS. The van der Waals surface area contributed by atoms with E-state index in [1.807, 2.05) is 4.90 Å². The van der Waals surface area contributed by atoms with Crippen molar-refractivity contribution in [3.8, 4) is 0 Å². The van der Waals surface area contributed by atoms with Crippen LogP contribution in [0, 0.1) is 13.8 Å². The van der Waals surface area contributed by atoms with Gasteiger partial charge in [0.25, 0.3) is 0 Å². The predicted octanol–water partition coefficient (Wildman–Crippen LogP) is 1.60. The van der Waals surface area contributed by atoms with Gasteiger partial charge in [-0.3, -0.25) is 4.79 Å². The molecule has 0 spiro atoms. The van der Waals surface area contributed by atoms with Crippen LogP contribution in [0.3, 0.4) is 0 Å². The van der Waals surface area contributed by atoms with Crippen LogP contribution in [-0.2, 0) is 4.79 Å². The van der Waals surface area contributed by atoms with Crippen molar-refractivity contribution in [3.63, 3.8) is 0 Å². The number of hydrogen-bond donors (Lipinski definition) is 1. The van der Waals surface area contributed by atoms with Crippen LogP contribution in [0.2, 0.25) is 0 Å². The number of carbonyl (C=O) groups is 1. The van der Waals surface area contributed by atoms with Gasteiger partial charge in [0.05, 0.1) is 6.04 Å². The van der Waals surface area contributed by atoms with Crippen molar-refractivity contribution in [1.29, 1.82) is 0 Å². The summed E-state index contributed by atoms with van der Waals surface area (Å²) >= 11 is 1.78. The van der Waals surface area contributed by atoms with Gasteiger partial charge in [0, 0.05) is 16.3 Å². The highest BCUT2D eigenvalue weighted by Gasteiger charge is 2.37. The highest BCUT2D eigenvalue weighted by atomic mass is 32.1. The summed E-state index contributed by atoms with van der Waals surface area (Å²) < 4.78 is 0. The third-order valence-corrected chi connectivity index (χ3v) is 3.97. The molecule has 0 bridgehead atoms. The smallest absolute Gasteiger partial charge is 0.241 e. The molecule has 1 amide bonds. The minimum absolute atomic E-state index is 0.0748. The molecule has 4 heteroatoms. The van der Waals surface area contributed by atoms with Crippen LogP contribution in [0.25, 0.3) is 0 Å². The minimum atomic E-state index is -0.271. The highest BCUT2D eigenvalue weighted by molar-refractivity contribution is 7.12. The average Bonchev–Trinajstić information content (AvgIpc) is 2.52. The average molecular weight is 224 g/mol. The van der Waals surface area contributed by atoms with Crippen LogP contribution < -0.4 is 5.73 Å². The van der Waals surface area contributed by atoms with Crippen LogP contribution in [0.4, 0.5) is 0 Å². The Labute approximate surface area is 93.9 Å². The second kappa shape index (κ2) is 3.61. The van der Waals surface area contributed by atoms with E-state index in [0.29, 0.717) is 6.54 Å². The Hall–Kier alpha value is -0.870. The lowest BCUT2D eigenvalue weighted by Crippen LogP contribution is -2.61. The summed E-state index contributed by atoms with van der Waals surface area (Å²) in [6.45, 7) is 6.96. The van der Waals surface area contributed by atoms with Crippen molar-refractivity contribution in [2.75, 3.05) is 6.54 Å². The maximum atomic E-state index is 11.5. The van der Waals surface area contributed by atoms with Gasteiger partial charge in [0.1, 0.15) is 6.04 Å². The van der Waals surface area contributed by atoms with Crippen molar-refractivity contribution in [3.05, 3.63) is 21.4 Å². The molecule has 2 rings (SSSR count). The SMILES string of the molecule is Cc1cc(C(C)N2CC(N)C2=O)c(C)s1. The molecule has 1 fully saturated rings. The Balaban J connectivity index is 2.18. The second-order valence-electron chi connectivity index (χ2n) is 4.14. The number of thiophene rings is 1. The van der Waals surface area contributed by atoms with E-state index in [-0.39, 0.29) is 18.0 Å². The van der Waals surface area contributed by atoms with Crippen molar-refractivity contribution < 1.29 is 4.79 Å². The number of likely N-dealkylation sites (tertiary alicyclic amines) is 1. The fourth-order valence-corrected chi connectivity index (χ4v) is 3.08. The summed E-state index contributed by atoms with van der Waals surface area (Å²) in [4.78, 5) is 15.9. The topological polar surface area (TPSA) is 46.3 Å². The molecule has 0 aliphatic carbocycles. The molecule has 1 aliphatic heterocycles.